The van der Waals surface area contributed by atoms with E-state index >= 15 is 0 Å². The van der Waals surface area contributed by atoms with Gasteiger partial charge in [-0.15, -0.1) is 0 Å². The van der Waals surface area contributed by atoms with Gasteiger partial charge < -0.3 is 14.9 Å². The van der Waals surface area contributed by atoms with Crippen LogP contribution in [0.1, 0.15) is 34.0 Å². The second kappa shape index (κ2) is 6.32. The van der Waals surface area contributed by atoms with E-state index in [1.54, 1.807) is 18.2 Å². The fraction of sp³-hybridized carbons (Fsp3) is 0.0870. The Morgan fingerprint density at radius 3 is 2.52 bits per heavy atom. The number of phenolic OH excluding ortho intramolecular Hbond substituents is 1. The Bertz CT molecular complexity index is 1190. The number of hydrogen-bond donors (Lipinski definition) is 2. The topological polar surface area (TPSA) is 66.8 Å². The molecule has 4 heteroatoms. The molecule has 0 atom stereocenters. The van der Waals surface area contributed by atoms with Gasteiger partial charge in [-0.05, 0) is 47.0 Å². The van der Waals surface area contributed by atoms with Gasteiger partial charge in [-0.2, -0.15) is 0 Å². The maximum Gasteiger partial charge on any atom is 0.336 e. The molecule has 0 radical (unpaired) electrons. The van der Waals surface area contributed by atoms with E-state index in [4.69, 9.17) is 4.74 Å². The van der Waals surface area contributed by atoms with Gasteiger partial charge >= 0.3 is 5.97 Å². The molecule has 0 saturated carbocycles. The second-order valence-corrected chi connectivity index (χ2v) is 6.53. The minimum atomic E-state index is -0.977. The van der Waals surface area contributed by atoms with Crippen LogP contribution in [0, 0.1) is 0 Å². The molecule has 1 heterocycles. The molecule has 0 saturated heterocycles. The van der Waals surface area contributed by atoms with Gasteiger partial charge in [0, 0.05) is 22.4 Å². The molecule has 0 fully saturated rings. The van der Waals surface area contributed by atoms with E-state index in [0.29, 0.717) is 17.1 Å². The average molecular weight is 358 g/mol. The van der Waals surface area contributed by atoms with Crippen molar-refractivity contribution in [1.82, 2.24) is 0 Å². The summed E-state index contributed by atoms with van der Waals surface area (Å²) in [5.74, 6) is 0.183. The molecule has 0 unspecified atom stereocenters. The number of rotatable bonds is 3. The molecule has 27 heavy (non-hydrogen) atoms. The Morgan fingerprint density at radius 1 is 1.00 bits per heavy atom. The zero-order chi connectivity index (χ0) is 19.1. The summed E-state index contributed by atoms with van der Waals surface area (Å²) in [6.45, 7) is 5.93. The van der Waals surface area contributed by atoms with Gasteiger partial charge in [0.1, 0.15) is 17.2 Å². The third kappa shape index (κ3) is 2.85. The minimum absolute atomic E-state index is 0.0853. The van der Waals surface area contributed by atoms with Crippen LogP contribution in [0.5, 0.6) is 17.2 Å². The van der Waals surface area contributed by atoms with Gasteiger partial charge in [-0.3, -0.25) is 0 Å². The number of carboxylic acids is 1. The lowest BCUT2D eigenvalue weighted by Crippen LogP contribution is -2.20. The molecule has 4 nitrogen and oxygen atoms in total. The number of aromatic carboxylic acids is 1. The molecule has 134 valence electrons. The van der Waals surface area contributed by atoms with Crippen LogP contribution in [-0.4, -0.2) is 16.2 Å². The standard InChI is InChI=1S/C23H18O4/c1-3-14-5-8-16(19(11-14)23(25)26)22-17-7-4-13(2)10-20(17)27-21-12-15(24)6-9-18(21)22/h4-12,24H,2-3H2,1H3,(H,25,26). The molecule has 1 aliphatic rings. The highest BCUT2D eigenvalue weighted by Gasteiger charge is 2.24. The molecule has 0 spiro atoms. The largest absolute Gasteiger partial charge is 0.508 e. The van der Waals surface area contributed by atoms with E-state index in [1.807, 2.05) is 37.3 Å². The number of carbonyl (C=O) groups is 1. The first-order valence-corrected chi connectivity index (χ1v) is 8.69. The van der Waals surface area contributed by atoms with Crippen molar-refractivity contribution in [1.29, 1.82) is 0 Å². The Kier molecular flexibility index (Phi) is 3.96. The fourth-order valence-electron chi connectivity index (χ4n) is 3.42. The predicted molar refractivity (Wildman–Crippen MR) is 104 cm³/mol. The minimum Gasteiger partial charge on any atom is -0.508 e. The van der Waals surface area contributed by atoms with E-state index in [1.165, 1.54) is 6.07 Å². The van der Waals surface area contributed by atoms with Gasteiger partial charge in [0.15, 0.2) is 0 Å². The number of hydrogen-bond acceptors (Lipinski definition) is 3. The van der Waals surface area contributed by atoms with E-state index in [0.717, 1.165) is 33.6 Å². The maximum atomic E-state index is 12.0. The van der Waals surface area contributed by atoms with Crippen LogP contribution in [0.3, 0.4) is 0 Å². The molecule has 3 aromatic carbocycles. The molecule has 3 aromatic rings. The number of phenols is 1. The lowest BCUT2D eigenvalue weighted by atomic mass is 9.88. The molecule has 4 rings (SSSR count). The summed E-state index contributed by atoms with van der Waals surface area (Å²) in [5.41, 5.74) is 3.33. The number of carboxylic acid groups (broad SMARTS) is 1. The zero-order valence-corrected chi connectivity index (χ0v) is 14.8. The van der Waals surface area contributed by atoms with E-state index < -0.39 is 5.97 Å². The highest BCUT2D eigenvalue weighted by atomic mass is 16.5. The Morgan fingerprint density at radius 2 is 1.78 bits per heavy atom. The monoisotopic (exact) mass is 358 g/mol. The molecule has 0 amide bonds. The maximum absolute atomic E-state index is 12.0. The summed E-state index contributed by atoms with van der Waals surface area (Å²) < 4.78 is 5.97. The van der Waals surface area contributed by atoms with Crippen LogP contribution < -0.4 is 15.2 Å². The van der Waals surface area contributed by atoms with Crippen LogP contribution in [0.4, 0.5) is 0 Å². The smallest absolute Gasteiger partial charge is 0.336 e. The summed E-state index contributed by atoms with van der Waals surface area (Å²) in [5, 5.41) is 21.3. The van der Waals surface area contributed by atoms with Crippen molar-refractivity contribution in [2.75, 3.05) is 0 Å². The summed E-state index contributed by atoms with van der Waals surface area (Å²) in [4.78, 5) is 12.0. The lowest BCUT2D eigenvalue weighted by molar-refractivity contribution is 0.0696. The molecule has 0 bridgehead atoms. The Hall–Kier alpha value is -3.53. The van der Waals surface area contributed by atoms with Crippen molar-refractivity contribution in [3.05, 3.63) is 87.3 Å². The molecular formula is C23H18O4. The van der Waals surface area contributed by atoms with Crippen molar-refractivity contribution in [2.24, 2.45) is 0 Å². The number of fused-ring (bicyclic) bond motifs is 2. The van der Waals surface area contributed by atoms with Crippen LogP contribution in [-0.2, 0) is 6.42 Å². The molecule has 2 N–H and O–H groups in total. The Balaban J connectivity index is 2.13. The van der Waals surface area contributed by atoms with Gasteiger partial charge in [-0.25, -0.2) is 4.79 Å². The molecule has 0 aliphatic carbocycles. The number of ether oxygens (including phenoxy) is 1. The van der Waals surface area contributed by atoms with Gasteiger partial charge in [-0.1, -0.05) is 37.8 Å². The van der Waals surface area contributed by atoms with Crippen molar-refractivity contribution >= 4 is 18.1 Å². The average Bonchev–Trinajstić information content (AvgIpc) is 2.65. The van der Waals surface area contributed by atoms with E-state index in [9.17, 15) is 15.0 Å². The lowest BCUT2D eigenvalue weighted by Gasteiger charge is -2.22. The van der Waals surface area contributed by atoms with Crippen molar-refractivity contribution in [3.63, 3.8) is 0 Å². The highest BCUT2D eigenvalue weighted by molar-refractivity contribution is 5.98. The first-order valence-electron chi connectivity index (χ1n) is 8.69. The van der Waals surface area contributed by atoms with Crippen LogP contribution in [0.2, 0.25) is 0 Å². The summed E-state index contributed by atoms with van der Waals surface area (Å²) in [6, 6.07) is 15.9. The fourth-order valence-corrected chi connectivity index (χ4v) is 3.42. The second-order valence-electron chi connectivity index (χ2n) is 6.53. The van der Waals surface area contributed by atoms with Crippen LogP contribution in [0.15, 0.2) is 54.6 Å². The van der Waals surface area contributed by atoms with Gasteiger partial charge in [0.25, 0.3) is 0 Å². The summed E-state index contributed by atoms with van der Waals surface area (Å²) in [6.07, 6.45) is 0.755. The highest BCUT2D eigenvalue weighted by Crippen LogP contribution is 2.38. The third-order valence-electron chi connectivity index (χ3n) is 4.76. The third-order valence-corrected chi connectivity index (χ3v) is 4.76. The van der Waals surface area contributed by atoms with E-state index in [-0.39, 0.29) is 11.3 Å². The summed E-state index contributed by atoms with van der Waals surface area (Å²) in [7, 11) is 0. The number of aryl methyl sites for hydroxylation is 1. The normalized spacial score (nSPS) is 12.1. The van der Waals surface area contributed by atoms with E-state index in [2.05, 4.69) is 6.58 Å². The van der Waals surface area contributed by atoms with Gasteiger partial charge in [0.2, 0.25) is 0 Å². The molecule has 1 aliphatic heterocycles. The quantitative estimate of drug-likeness (QED) is 0.589. The predicted octanol–water partition coefficient (Wildman–Crippen LogP) is 3.42. The summed E-state index contributed by atoms with van der Waals surface area (Å²) >= 11 is 0. The first kappa shape index (κ1) is 16.9. The Labute approximate surface area is 156 Å². The van der Waals surface area contributed by atoms with Crippen molar-refractivity contribution in [3.8, 4) is 17.2 Å². The number of aromatic hydroxyl groups is 1. The molecule has 0 aromatic heterocycles. The van der Waals surface area contributed by atoms with Gasteiger partial charge in [0.05, 0.1) is 5.56 Å². The zero-order valence-electron chi connectivity index (χ0n) is 14.8. The van der Waals surface area contributed by atoms with Crippen LogP contribution in [0.25, 0.3) is 12.2 Å². The number of benzene rings is 3. The molecular weight excluding hydrogens is 340 g/mol. The van der Waals surface area contributed by atoms with Crippen LogP contribution >= 0.6 is 0 Å². The van der Waals surface area contributed by atoms with Crippen molar-refractivity contribution < 1.29 is 19.7 Å². The SMILES string of the molecule is C=c1ccc2c(c1)Oc1cc(O)ccc1C=2c1ccc(CC)cc1C(=O)O. The first-order chi connectivity index (χ1) is 13.0. The van der Waals surface area contributed by atoms with Crippen molar-refractivity contribution in [2.45, 2.75) is 13.3 Å².